The molecular weight excluding hydrogens is 299 g/mol. The minimum atomic E-state index is 0.0605. The number of para-hydroxylation sites is 1. The molecule has 0 amide bonds. The Morgan fingerprint density at radius 3 is 2.45 bits per heavy atom. The van der Waals surface area contributed by atoms with Crippen molar-refractivity contribution in [2.24, 2.45) is 0 Å². The Morgan fingerprint density at radius 2 is 1.77 bits per heavy atom. The van der Waals surface area contributed by atoms with Gasteiger partial charge in [0.25, 0.3) is 0 Å². The molecule has 1 unspecified atom stereocenters. The average molecular weight is 318 g/mol. The Labute approximate surface area is 132 Å². The molecular formula is C17H19O4P. The van der Waals surface area contributed by atoms with Crippen LogP contribution < -0.4 is 20.1 Å². The van der Waals surface area contributed by atoms with E-state index in [0.717, 1.165) is 16.2 Å². The van der Waals surface area contributed by atoms with E-state index in [2.05, 4.69) is 0 Å². The first-order chi connectivity index (χ1) is 10.7. The number of benzene rings is 2. The second-order valence-electron chi connectivity index (χ2n) is 4.61. The fourth-order valence-corrected chi connectivity index (χ4v) is 3.44. The molecule has 2 rings (SSSR count). The number of Topliss-reactive ketones (excluding diaryl/α,β-unsaturated/α-hetero) is 1. The Balaban J connectivity index is 2.39. The minimum Gasteiger partial charge on any atom is -0.493 e. The van der Waals surface area contributed by atoms with Crippen LogP contribution >= 0.6 is 8.58 Å². The number of hydrogen-bond acceptors (Lipinski definition) is 4. The van der Waals surface area contributed by atoms with Gasteiger partial charge >= 0.3 is 0 Å². The van der Waals surface area contributed by atoms with Gasteiger partial charge < -0.3 is 14.2 Å². The highest BCUT2D eigenvalue weighted by Gasteiger charge is 2.14. The van der Waals surface area contributed by atoms with E-state index in [4.69, 9.17) is 14.2 Å². The van der Waals surface area contributed by atoms with Crippen LogP contribution in [0.15, 0.2) is 42.5 Å². The number of hydrogen-bond donors (Lipinski definition) is 0. The van der Waals surface area contributed by atoms with E-state index in [-0.39, 0.29) is 12.6 Å². The average Bonchev–Trinajstić information content (AvgIpc) is 2.53. The van der Waals surface area contributed by atoms with E-state index in [0.29, 0.717) is 20.1 Å². The van der Waals surface area contributed by atoms with E-state index < -0.39 is 0 Å². The van der Waals surface area contributed by atoms with E-state index in [9.17, 15) is 4.79 Å². The number of rotatable bonds is 7. The van der Waals surface area contributed by atoms with Gasteiger partial charge in [-0.25, -0.2) is 0 Å². The summed E-state index contributed by atoms with van der Waals surface area (Å²) in [5, 5.41) is 1.97. The lowest BCUT2D eigenvalue weighted by Crippen LogP contribution is -2.15. The zero-order valence-corrected chi connectivity index (χ0v) is 13.9. The third kappa shape index (κ3) is 3.85. The molecule has 2 aromatic rings. The molecule has 5 heteroatoms. The van der Waals surface area contributed by atoms with Gasteiger partial charge in [-0.05, 0) is 18.3 Å². The van der Waals surface area contributed by atoms with E-state index in [1.807, 2.05) is 42.5 Å². The molecule has 0 aliphatic rings. The summed E-state index contributed by atoms with van der Waals surface area (Å²) >= 11 is 0. The molecule has 0 aliphatic carbocycles. The number of ketones is 1. The molecule has 0 N–H and O–H groups in total. The zero-order chi connectivity index (χ0) is 15.9. The van der Waals surface area contributed by atoms with Gasteiger partial charge in [-0.1, -0.05) is 45.0 Å². The standard InChI is InChI=1S/C17H19O4P/c1-12(18)13-7-4-5-9-15(13)22-16-10-6-8-14(20-3)17(16)21-11-19-2/h4-10,22H,11H2,1-3H3. The topological polar surface area (TPSA) is 44.8 Å². The van der Waals surface area contributed by atoms with Gasteiger partial charge in [0.1, 0.15) is 0 Å². The summed E-state index contributed by atoms with van der Waals surface area (Å²) in [5.41, 5.74) is 0.737. The number of ether oxygens (including phenoxy) is 3. The lowest BCUT2D eigenvalue weighted by Gasteiger charge is -2.15. The highest BCUT2D eigenvalue weighted by atomic mass is 31.1. The van der Waals surface area contributed by atoms with Crippen molar-refractivity contribution in [3.63, 3.8) is 0 Å². The minimum absolute atomic E-state index is 0.0605. The van der Waals surface area contributed by atoms with Crippen molar-refractivity contribution in [2.75, 3.05) is 21.0 Å². The molecule has 0 fully saturated rings. The summed E-state index contributed by atoms with van der Waals surface area (Å²) in [5.74, 6) is 1.37. The van der Waals surface area contributed by atoms with E-state index in [1.165, 1.54) is 0 Å². The lowest BCUT2D eigenvalue weighted by atomic mass is 10.1. The SMILES string of the molecule is COCOc1c(OC)cccc1Pc1ccccc1C(C)=O. The van der Waals surface area contributed by atoms with Gasteiger partial charge in [-0.15, -0.1) is 0 Å². The van der Waals surface area contributed by atoms with Gasteiger partial charge in [-0.3, -0.25) is 4.79 Å². The molecule has 1 atom stereocenters. The molecule has 0 aromatic heterocycles. The van der Waals surface area contributed by atoms with Gasteiger partial charge in [0.15, 0.2) is 24.1 Å². The predicted molar refractivity (Wildman–Crippen MR) is 89.5 cm³/mol. The second-order valence-corrected chi connectivity index (χ2v) is 5.94. The molecule has 4 nitrogen and oxygen atoms in total. The smallest absolute Gasteiger partial charge is 0.188 e. The first-order valence-electron chi connectivity index (χ1n) is 6.83. The summed E-state index contributed by atoms with van der Waals surface area (Å²) in [6.07, 6.45) is 0. The van der Waals surface area contributed by atoms with Crippen LogP contribution in [-0.4, -0.2) is 26.8 Å². The first-order valence-corrected chi connectivity index (χ1v) is 7.83. The molecule has 0 heterocycles. The van der Waals surface area contributed by atoms with Crippen molar-refractivity contribution in [2.45, 2.75) is 6.92 Å². The Hall–Kier alpha value is -1.90. The molecule has 2 aromatic carbocycles. The van der Waals surface area contributed by atoms with Gasteiger partial charge in [0.2, 0.25) is 0 Å². The van der Waals surface area contributed by atoms with Crippen molar-refractivity contribution in [3.05, 3.63) is 48.0 Å². The number of carbonyl (C=O) groups excluding carboxylic acids is 1. The molecule has 22 heavy (non-hydrogen) atoms. The normalized spacial score (nSPS) is 10.9. The van der Waals surface area contributed by atoms with E-state index in [1.54, 1.807) is 21.1 Å². The van der Waals surface area contributed by atoms with Crippen molar-refractivity contribution in [1.82, 2.24) is 0 Å². The lowest BCUT2D eigenvalue weighted by molar-refractivity contribution is 0.0500. The monoisotopic (exact) mass is 318 g/mol. The highest BCUT2D eigenvalue weighted by molar-refractivity contribution is 7.56. The fourth-order valence-electron chi connectivity index (χ4n) is 2.09. The third-order valence-corrected chi connectivity index (χ3v) is 4.46. The fraction of sp³-hybridized carbons (Fsp3) is 0.235. The van der Waals surface area contributed by atoms with Crippen LogP contribution in [0, 0.1) is 0 Å². The van der Waals surface area contributed by atoms with Crippen molar-refractivity contribution in [1.29, 1.82) is 0 Å². The Morgan fingerprint density at radius 1 is 1.05 bits per heavy atom. The third-order valence-electron chi connectivity index (χ3n) is 3.10. The maximum Gasteiger partial charge on any atom is 0.188 e. The second kappa shape index (κ2) is 7.92. The van der Waals surface area contributed by atoms with Crippen LogP contribution in [-0.2, 0) is 4.74 Å². The Kier molecular flexibility index (Phi) is 5.93. The predicted octanol–water partition coefficient (Wildman–Crippen LogP) is 2.51. The zero-order valence-electron chi connectivity index (χ0n) is 12.9. The summed E-state index contributed by atoms with van der Waals surface area (Å²) in [6, 6.07) is 13.4. The largest absolute Gasteiger partial charge is 0.493 e. The highest BCUT2D eigenvalue weighted by Crippen LogP contribution is 2.30. The first kappa shape index (κ1) is 16.5. The van der Waals surface area contributed by atoms with Crippen molar-refractivity contribution in [3.8, 4) is 11.5 Å². The van der Waals surface area contributed by atoms with Crippen LogP contribution in [0.5, 0.6) is 11.5 Å². The van der Waals surface area contributed by atoms with Crippen LogP contribution in [0.3, 0.4) is 0 Å². The maximum atomic E-state index is 11.8. The van der Waals surface area contributed by atoms with Gasteiger partial charge in [0.05, 0.1) is 7.11 Å². The molecule has 0 saturated heterocycles. The van der Waals surface area contributed by atoms with Crippen LogP contribution in [0.2, 0.25) is 0 Å². The molecule has 0 saturated carbocycles. The summed E-state index contributed by atoms with van der Waals surface area (Å²) in [6.45, 7) is 1.73. The van der Waals surface area contributed by atoms with Crippen LogP contribution in [0.4, 0.5) is 0 Å². The summed E-state index contributed by atoms with van der Waals surface area (Å²) in [7, 11) is 3.47. The molecule has 0 bridgehead atoms. The molecule has 0 aliphatic heterocycles. The number of carbonyl (C=O) groups is 1. The maximum absolute atomic E-state index is 11.8. The van der Waals surface area contributed by atoms with Gasteiger partial charge in [0, 0.05) is 18.0 Å². The van der Waals surface area contributed by atoms with Crippen LogP contribution in [0.25, 0.3) is 0 Å². The van der Waals surface area contributed by atoms with Gasteiger partial charge in [-0.2, -0.15) is 0 Å². The molecule has 0 spiro atoms. The summed E-state index contributed by atoms with van der Waals surface area (Å²) < 4.78 is 16.0. The quantitative estimate of drug-likeness (QED) is 0.447. The number of methoxy groups -OCH3 is 2. The van der Waals surface area contributed by atoms with Crippen LogP contribution in [0.1, 0.15) is 17.3 Å². The van der Waals surface area contributed by atoms with Crippen molar-refractivity contribution < 1.29 is 19.0 Å². The molecule has 0 radical (unpaired) electrons. The van der Waals surface area contributed by atoms with E-state index >= 15 is 0 Å². The Bertz CT molecular complexity index is 655. The molecule has 116 valence electrons. The summed E-state index contributed by atoms with van der Waals surface area (Å²) in [4.78, 5) is 11.8. The van der Waals surface area contributed by atoms with Crippen molar-refractivity contribution >= 4 is 25.0 Å².